The molecule has 3 amide bonds. The molecule has 1 saturated carbocycles. The number of carbonyl (C=O) groups excluding carboxylic acids is 2. The van der Waals surface area contributed by atoms with E-state index in [2.05, 4.69) is 16.0 Å². The first-order valence-corrected chi connectivity index (χ1v) is 7.99. The molecule has 3 N–H and O–H groups in total. The van der Waals surface area contributed by atoms with Crippen molar-refractivity contribution in [3.8, 4) is 0 Å². The molecule has 1 aliphatic carbocycles. The zero-order chi connectivity index (χ0) is 15.9. The van der Waals surface area contributed by atoms with Gasteiger partial charge in [-0.3, -0.25) is 4.79 Å². The first-order valence-electron chi connectivity index (χ1n) is 7.99. The molecule has 0 heterocycles. The van der Waals surface area contributed by atoms with Gasteiger partial charge in [0.15, 0.2) is 0 Å². The monoisotopic (exact) mass is 303 g/mol. The molecule has 5 heteroatoms. The van der Waals surface area contributed by atoms with Crippen LogP contribution in [-0.4, -0.2) is 24.0 Å². The number of benzene rings is 1. The van der Waals surface area contributed by atoms with Crippen LogP contribution in [0.2, 0.25) is 0 Å². The molecule has 120 valence electrons. The lowest BCUT2D eigenvalue weighted by Gasteiger charge is -2.24. The first-order chi connectivity index (χ1) is 10.6. The second kappa shape index (κ2) is 7.82. The highest BCUT2D eigenvalue weighted by Gasteiger charge is 2.27. The van der Waals surface area contributed by atoms with E-state index in [0.717, 1.165) is 12.8 Å². The maximum atomic E-state index is 12.4. The van der Waals surface area contributed by atoms with Gasteiger partial charge in [-0.25, -0.2) is 4.79 Å². The van der Waals surface area contributed by atoms with Crippen molar-refractivity contribution in [3.05, 3.63) is 30.3 Å². The summed E-state index contributed by atoms with van der Waals surface area (Å²) in [5.74, 6) is -0.0620. The van der Waals surface area contributed by atoms with E-state index in [0.29, 0.717) is 5.69 Å². The number of para-hydroxylation sites is 1. The first kappa shape index (κ1) is 16.3. The Morgan fingerprint density at radius 3 is 2.32 bits per heavy atom. The molecule has 1 fully saturated rings. The number of amides is 3. The summed E-state index contributed by atoms with van der Waals surface area (Å²) >= 11 is 0. The van der Waals surface area contributed by atoms with Crippen LogP contribution >= 0.6 is 0 Å². The van der Waals surface area contributed by atoms with Gasteiger partial charge < -0.3 is 16.0 Å². The number of urea groups is 1. The van der Waals surface area contributed by atoms with E-state index in [1.165, 1.54) is 12.8 Å². The summed E-state index contributed by atoms with van der Waals surface area (Å²) in [5, 5.41) is 8.57. The molecule has 0 saturated heterocycles. The third-order valence-electron chi connectivity index (χ3n) is 3.97. The van der Waals surface area contributed by atoms with Crippen molar-refractivity contribution >= 4 is 17.6 Å². The van der Waals surface area contributed by atoms with Crippen molar-refractivity contribution in [2.75, 3.05) is 5.32 Å². The molecule has 5 nitrogen and oxygen atoms in total. The Morgan fingerprint density at radius 2 is 1.73 bits per heavy atom. The van der Waals surface area contributed by atoms with Gasteiger partial charge in [0, 0.05) is 11.7 Å². The maximum absolute atomic E-state index is 12.4. The summed E-state index contributed by atoms with van der Waals surface area (Å²) in [6.07, 6.45) is 4.40. The van der Waals surface area contributed by atoms with Crippen LogP contribution in [0.1, 0.15) is 39.5 Å². The largest absolute Gasteiger partial charge is 0.352 e. The minimum absolute atomic E-state index is 0.0305. The molecule has 1 aromatic rings. The van der Waals surface area contributed by atoms with Crippen LogP contribution in [0.4, 0.5) is 10.5 Å². The number of nitrogens with one attached hydrogen (secondary N) is 3. The second-order valence-corrected chi connectivity index (χ2v) is 6.18. The topological polar surface area (TPSA) is 70.2 Å². The number of rotatable bonds is 5. The predicted molar refractivity (Wildman–Crippen MR) is 87.6 cm³/mol. The molecule has 1 aromatic carbocycles. The fourth-order valence-corrected chi connectivity index (χ4v) is 2.73. The van der Waals surface area contributed by atoms with Crippen LogP contribution in [0.5, 0.6) is 0 Å². The summed E-state index contributed by atoms with van der Waals surface area (Å²) in [5.41, 5.74) is 0.707. The Kier molecular flexibility index (Phi) is 5.81. The van der Waals surface area contributed by atoms with E-state index in [1.54, 1.807) is 0 Å². The molecule has 0 spiro atoms. The third-order valence-corrected chi connectivity index (χ3v) is 3.97. The van der Waals surface area contributed by atoms with Crippen molar-refractivity contribution in [1.82, 2.24) is 10.6 Å². The molecule has 0 bridgehead atoms. The van der Waals surface area contributed by atoms with Gasteiger partial charge in [-0.15, -0.1) is 0 Å². The Balaban J connectivity index is 1.90. The normalized spacial score (nSPS) is 16.3. The van der Waals surface area contributed by atoms with Crippen molar-refractivity contribution in [1.29, 1.82) is 0 Å². The Hall–Kier alpha value is -2.04. The minimum Gasteiger partial charge on any atom is -0.352 e. The van der Waals surface area contributed by atoms with E-state index < -0.39 is 6.04 Å². The molecule has 0 aliphatic heterocycles. The van der Waals surface area contributed by atoms with Gasteiger partial charge in [0.1, 0.15) is 6.04 Å². The van der Waals surface area contributed by atoms with Crippen LogP contribution in [0, 0.1) is 5.92 Å². The molecule has 1 aliphatic rings. The van der Waals surface area contributed by atoms with Gasteiger partial charge in [0.25, 0.3) is 0 Å². The number of hydrogen-bond acceptors (Lipinski definition) is 2. The van der Waals surface area contributed by atoms with Crippen LogP contribution in [0.25, 0.3) is 0 Å². The number of carbonyl (C=O) groups is 2. The highest BCUT2D eigenvalue weighted by molar-refractivity contribution is 5.93. The quantitative estimate of drug-likeness (QED) is 0.783. The molecule has 0 unspecified atom stereocenters. The van der Waals surface area contributed by atoms with Gasteiger partial charge in [-0.2, -0.15) is 0 Å². The van der Waals surface area contributed by atoms with E-state index >= 15 is 0 Å². The van der Waals surface area contributed by atoms with Gasteiger partial charge in [-0.05, 0) is 30.9 Å². The zero-order valence-corrected chi connectivity index (χ0v) is 13.3. The van der Waals surface area contributed by atoms with Crippen LogP contribution in [0.3, 0.4) is 0 Å². The van der Waals surface area contributed by atoms with E-state index in [4.69, 9.17) is 0 Å². The Morgan fingerprint density at radius 1 is 1.09 bits per heavy atom. The average molecular weight is 303 g/mol. The molecular formula is C17H25N3O2. The third kappa shape index (κ3) is 4.76. The van der Waals surface area contributed by atoms with E-state index in [1.807, 2.05) is 44.2 Å². The maximum Gasteiger partial charge on any atom is 0.319 e. The summed E-state index contributed by atoms with van der Waals surface area (Å²) < 4.78 is 0. The lowest BCUT2D eigenvalue weighted by molar-refractivity contribution is -0.124. The Bertz CT molecular complexity index is 496. The summed E-state index contributed by atoms with van der Waals surface area (Å²) in [4.78, 5) is 24.4. The molecule has 0 aromatic heterocycles. The SMILES string of the molecule is CC(C)[C@H](NC(=O)Nc1ccccc1)C(=O)NC1CCCC1. The summed E-state index contributed by atoms with van der Waals surface area (Å²) in [6.45, 7) is 3.86. The average Bonchev–Trinajstić information content (AvgIpc) is 2.98. The molecule has 0 radical (unpaired) electrons. The molecule has 1 atom stereocenters. The van der Waals surface area contributed by atoms with E-state index in [9.17, 15) is 9.59 Å². The lowest BCUT2D eigenvalue weighted by atomic mass is 10.0. The predicted octanol–water partition coefficient (Wildman–Crippen LogP) is 2.89. The van der Waals surface area contributed by atoms with Gasteiger partial charge in [0.2, 0.25) is 5.91 Å². The summed E-state index contributed by atoms with van der Waals surface area (Å²) in [7, 11) is 0. The highest BCUT2D eigenvalue weighted by Crippen LogP contribution is 2.18. The standard InChI is InChI=1S/C17H25N3O2/c1-12(2)15(16(21)18-13-10-6-7-11-13)20-17(22)19-14-8-4-3-5-9-14/h3-5,8-9,12-13,15H,6-7,10-11H2,1-2H3,(H,18,21)(H2,19,20,22)/t15-/m0/s1. The molecule has 22 heavy (non-hydrogen) atoms. The van der Waals surface area contributed by atoms with Crippen molar-refractivity contribution in [2.45, 2.75) is 51.6 Å². The summed E-state index contributed by atoms with van der Waals surface area (Å²) in [6, 6.07) is 8.58. The molecular weight excluding hydrogens is 278 g/mol. The highest BCUT2D eigenvalue weighted by atomic mass is 16.2. The minimum atomic E-state index is -0.524. The fourth-order valence-electron chi connectivity index (χ4n) is 2.73. The fraction of sp³-hybridized carbons (Fsp3) is 0.529. The number of anilines is 1. The van der Waals surface area contributed by atoms with Gasteiger partial charge in [0.05, 0.1) is 0 Å². The Labute approximate surface area is 131 Å². The van der Waals surface area contributed by atoms with Gasteiger partial charge >= 0.3 is 6.03 Å². The van der Waals surface area contributed by atoms with E-state index in [-0.39, 0.29) is 23.9 Å². The zero-order valence-electron chi connectivity index (χ0n) is 13.3. The van der Waals surface area contributed by atoms with Crippen molar-refractivity contribution in [2.24, 2.45) is 5.92 Å². The van der Waals surface area contributed by atoms with Crippen LogP contribution < -0.4 is 16.0 Å². The molecule has 2 rings (SSSR count). The van der Waals surface area contributed by atoms with Crippen molar-refractivity contribution in [3.63, 3.8) is 0 Å². The van der Waals surface area contributed by atoms with Crippen molar-refractivity contribution < 1.29 is 9.59 Å². The lowest BCUT2D eigenvalue weighted by Crippen LogP contribution is -2.52. The number of hydrogen-bond donors (Lipinski definition) is 3. The smallest absolute Gasteiger partial charge is 0.319 e. The van der Waals surface area contributed by atoms with Gasteiger partial charge in [-0.1, -0.05) is 44.9 Å². The van der Waals surface area contributed by atoms with Crippen LogP contribution in [-0.2, 0) is 4.79 Å². The van der Waals surface area contributed by atoms with Crippen LogP contribution in [0.15, 0.2) is 30.3 Å². The second-order valence-electron chi connectivity index (χ2n) is 6.18.